The number of amides is 1. The molecule has 0 aromatic carbocycles. The first kappa shape index (κ1) is 19.3. The van der Waals surface area contributed by atoms with Crippen LogP contribution >= 0.6 is 24.8 Å². The van der Waals surface area contributed by atoms with Crippen LogP contribution in [0.25, 0.3) is 0 Å². The van der Waals surface area contributed by atoms with Crippen molar-refractivity contribution < 1.29 is 9.53 Å². The molecule has 0 aliphatic carbocycles. The highest BCUT2D eigenvalue weighted by atomic mass is 35.5. The van der Waals surface area contributed by atoms with Crippen molar-refractivity contribution in [3.05, 3.63) is 0 Å². The maximum absolute atomic E-state index is 11.9. The quantitative estimate of drug-likeness (QED) is 0.792. The summed E-state index contributed by atoms with van der Waals surface area (Å²) < 4.78 is 4.89. The molecule has 5 nitrogen and oxygen atoms in total. The van der Waals surface area contributed by atoms with Crippen molar-refractivity contribution in [2.24, 2.45) is 5.73 Å². The van der Waals surface area contributed by atoms with Gasteiger partial charge in [0.05, 0.1) is 6.61 Å². The molecule has 0 aromatic rings. The number of hydrogen-bond donors (Lipinski definition) is 1. The van der Waals surface area contributed by atoms with E-state index in [1.807, 2.05) is 11.8 Å². The number of carbonyl (C=O) groups is 1. The molecule has 1 amide bonds. The number of piperazine rings is 1. The van der Waals surface area contributed by atoms with Crippen LogP contribution in [0.15, 0.2) is 0 Å². The van der Waals surface area contributed by atoms with E-state index in [-0.39, 0.29) is 43.4 Å². The molecule has 1 rings (SSSR count). The summed E-state index contributed by atoms with van der Waals surface area (Å²) in [6.07, 6.45) is 0. The van der Waals surface area contributed by atoms with Crippen molar-refractivity contribution in [3.8, 4) is 0 Å². The standard InChI is InChI=1S/C10H21N3O2.2ClH/c1-8-6-12(2)4-5-13(8)10(14)9(11)7-15-3;;/h8-9H,4-7,11H2,1-3H3;2*1H. The third-order valence-electron chi connectivity index (χ3n) is 2.78. The van der Waals surface area contributed by atoms with Gasteiger partial charge in [-0.15, -0.1) is 24.8 Å². The van der Waals surface area contributed by atoms with Crippen molar-refractivity contribution in [1.82, 2.24) is 9.80 Å². The van der Waals surface area contributed by atoms with E-state index in [1.165, 1.54) is 0 Å². The smallest absolute Gasteiger partial charge is 0.242 e. The minimum Gasteiger partial charge on any atom is -0.383 e. The molecule has 1 saturated heterocycles. The van der Waals surface area contributed by atoms with Crippen LogP contribution in [0.4, 0.5) is 0 Å². The number of hydrogen-bond acceptors (Lipinski definition) is 4. The fourth-order valence-corrected chi connectivity index (χ4v) is 1.93. The average molecular weight is 288 g/mol. The second-order valence-corrected chi connectivity index (χ2v) is 4.20. The molecular weight excluding hydrogens is 265 g/mol. The van der Waals surface area contributed by atoms with Crippen molar-refractivity contribution in [1.29, 1.82) is 0 Å². The van der Waals surface area contributed by atoms with E-state index in [0.717, 1.165) is 19.6 Å². The van der Waals surface area contributed by atoms with E-state index < -0.39 is 6.04 Å². The van der Waals surface area contributed by atoms with E-state index in [1.54, 1.807) is 7.11 Å². The van der Waals surface area contributed by atoms with E-state index in [9.17, 15) is 4.79 Å². The first-order chi connectivity index (χ1) is 7.06. The first-order valence-corrected chi connectivity index (χ1v) is 5.29. The molecule has 1 fully saturated rings. The van der Waals surface area contributed by atoms with Gasteiger partial charge in [-0.25, -0.2) is 0 Å². The van der Waals surface area contributed by atoms with Gasteiger partial charge in [0.2, 0.25) is 5.91 Å². The normalized spacial score (nSPS) is 22.4. The molecule has 17 heavy (non-hydrogen) atoms. The lowest BCUT2D eigenvalue weighted by atomic mass is 10.1. The van der Waals surface area contributed by atoms with Crippen LogP contribution in [-0.4, -0.2) is 68.2 Å². The lowest BCUT2D eigenvalue weighted by molar-refractivity contribution is -0.138. The molecular formula is C10H23Cl2N3O2. The van der Waals surface area contributed by atoms with Crippen molar-refractivity contribution in [2.75, 3.05) is 40.4 Å². The Morgan fingerprint density at radius 1 is 1.47 bits per heavy atom. The number of likely N-dealkylation sites (N-methyl/N-ethyl adjacent to an activating group) is 1. The Morgan fingerprint density at radius 2 is 2.06 bits per heavy atom. The molecule has 0 bridgehead atoms. The second-order valence-electron chi connectivity index (χ2n) is 4.20. The zero-order valence-electron chi connectivity index (χ0n) is 10.6. The van der Waals surface area contributed by atoms with Gasteiger partial charge < -0.3 is 20.3 Å². The number of ether oxygens (including phenoxy) is 1. The molecule has 2 atom stereocenters. The molecule has 7 heteroatoms. The van der Waals surface area contributed by atoms with Gasteiger partial charge in [-0.3, -0.25) is 4.79 Å². The van der Waals surface area contributed by atoms with Crippen molar-refractivity contribution in [2.45, 2.75) is 19.0 Å². The van der Waals surface area contributed by atoms with Crippen molar-refractivity contribution >= 4 is 30.7 Å². The molecule has 1 heterocycles. The average Bonchev–Trinajstić information content (AvgIpc) is 2.17. The number of carbonyl (C=O) groups excluding carboxylic acids is 1. The van der Waals surface area contributed by atoms with Gasteiger partial charge in [-0.2, -0.15) is 0 Å². The maximum atomic E-state index is 11.9. The Hall–Kier alpha value is -0.0700. The van der Waals surface area contributed by atoms with E-state index in [2.05, 4.69) is 11.9 Å². The number of rotatable bonds is 3. The molecule has 0 saturated carbocycles. The van der Waals surface area contributed by atoms with Crippen LogP contribution in [0.3, 0.4) is 0 Å². The third-order valence-corrected chi connectivity index (χ3v) is 2.78. The summed E-state index contributed by atoms with van der Waals surface area (Å²) in [4.78, 5) is 16.0. The van der Waals surface area contributed by atoms with Crippen LogP contribution in [0.1, 0.15) is 6.92 Å². The largest absolute Gasteiger partial charge is 0.383 e. The minimum absolute atomic E-state index is 0. The highest BCUT2D eigenvalue weighted by Crippen LogP contribution is 2.09. The van der Waals surface area contributed by atoms with Crippen LogP contribution in [-0.2, 0) is 9.53 Å². The summed E-state index contributed by atoms with van der Waals surface area (Å²) in [7, 11) is 3.62. The van der Waals surface area contributed by atoms with Gasteiger partial charge in [0.1, 0.15) is 6.04 Å². The number of methoxy groups -OCH3 is 1. The van der Waals surface area contributed by atoms with Gasteiger partial charge >= 0.3 is 0 Å². The maximum Gasteiger partial charge on any atom is 0.242 e. The van der Waals surface area contributed by atoms with Crippen molar-refractivity contribution in [3.63, 3.8) is 0 Å². The fraction of sp³-hybridized carbons (Fsp3) is 0.900. The van der Waals surface area contributed by atoms with Gasteiger partial charge in [0.25, 0.3) is 0 Å². The Kier molecular flexibility index (Phi) is 10.1. The highest BCUT2D eigenvalue weighted by Gasteiger charge is 2.28. The molecule has 1 aliphatic heterocycles. The zero-order valence-corrected chi connectivity index (χ0v) is 12.2. The molecule has 0 radical (unpaired) electrons. The first-order valence-electron chi connectivity index (χ1n) is 5.29. The van der Waals surface area contributed by atoms with Crippen LogP contribution in [0.2, 0.25) is 0 Å². The predicted octanol–water partition coefficient (Wildman–Crippen LogP) is -0.0338. The summed E-state index contributed by atoms with van der Waals surface area (Å²) in [6.45, 7) is 4.92. The summed E-state index contributed by atoms with van der Waals surface area (Å²) in [6, 6.07) is -0.292. The lowest BCUT2D eigenvalue weighted by Gasteiger charge is -2.39. The molecule has 104 valence electrons. The number of halogens is 2. The summed E-state index contributed by atoms with van der Waals surface area (Å²) >= 11 is 0. The topological polar surface area (TPSA) is 58.8 Å². The predicted molar refractivity (Wildman–Crippen MR) is 73.0 cm³/mol. The van der Waals surface area contributed by atoms with E-state index in [0.29, 0.717) is 0 Å². The lowest BCUT2D eigenvalue weighted by Crippen LogP contribution is -2.57. The third kappa shape index (κ3) is 5.40. The monoisotopic (exact) mass is 287 g/mol. The Balaban J connectivity index is 0. The molecule has 0 spiro atoms. The van der Waals surface area contributed by atoms with Crippen LogP contribution in [0, 0.1) is 0 Å². The van der Waals surface area contributed by atoms with Crippen LogP contribution < -0.4 is 5.73 Å². The van der Waals surface area contributed by atoms with E-state index >= 15 is 0 Å². The summed E-state index contributed by atoms with van der Waals surface area (Å²) in [5.74, 6) is -0.00236. The van der Waals surface area contributed by atoms with Crippen LogP contribution in [0.5, 0.6) is 0 Å². The SMILES string of the molecule is COCC(N)C(=O)N1CCN(C)CC1C.Cl.Cl. The fourth-order valence-electron chi connectivity index (χ4n) is 1.93. The van der Waals surface area contributed by atoms with Gasteiger partial charge in [0, 0.05) is 32.8 Å². The number of nitrogens with two attached hydrogens (primary N) is 1. The van der Waals surface area contributed by atoms with E-state index in [4.69, 9.17) is 10.5 Å². The van der Waals surface area contributed by atoms with Gasteiger partial charge in [-0.05, 0) is 14.0 Å². The Bertz CT molecular complexity index is 232. The minimum atomic E-state index is -0.527. The van der Waals surface area contributed by atoms with Gasteiger partial charge in [-0.1, -0.05) is 0 Å². The van der Waals surface area contributed by atoms with Gasteiger partial charge in [0.15, 0.2) is 0 Å². The highest BCUT2D eigenvalue weighted by molar-refractivity contribution is 5.85. The summed E-state index contributed by atoms with van der Waals surface area (Å²) in [5.41, 5.74) is 5.73. The summed E-state index contributed by atoms with van der Waals surface area (Å²) in [5, 5.41) is 0. The second kappa shape index (κ2) is 8.94. The molecule has 0 aromatic heterocycles. The number of nitrogens with zero attached hydrogens (tertiary/aromatic N) is 2. The molecule has 1 aliphatic rings. The zero-order chi connectivity index (χ0) is 11.4. The Labute approximate surface area is 115 Å². The Morgan fingerprint density at radius 3 is 2.53 bits per heavy atom. The molecule has 2 N–H and O–H groups in total. The molecule has 2 unspecified atom stereocenters.